The molecule has 0 radical (unpaired) electrons. The first-order valence-corrected chi connectivity index (χ1v) is 7.77. The van der Waals surface area contributed by atoms with Crippen LogP contribution >= 0.6 is 0 Å². The van der Waals surface area contributed by atoms with E-state index in [2.05, 4.69) is 19.1 Å². The molecule has 2 rings (SSSR count). The molecule has 0 N–H and O–H groups in total. The Labute approximate surface area is 126 Å². The van der Waals surface area contributed by atoms with Gasteiger partial charge in [-0.2, -0.15) is 0 Å². The second kappa shape index (κ2) is 7.87. The number of rotatable bonds is 7. The summed E-state index contributed by atoms with van der Waals surface area (Å²) in [5.74, 6) is 0. The molecule has 3 nitrogen and oxygen atoms in total. The van der Waals surface area contributed by atoms with E-state index in [1.807, 2.05) is 19.1 Å². The lowest BCUT2D eigenvalue weighted by Gasteiger charge is -2.33. The van der Waals surface area contributed by atoms with E-state index in [1.54, 1.807) is 0 Å². The summed E-state index contributed by atoms with van der Waals surface area (Å²) in [5.41, 5.74) is 1.03. The molecular formula is C17H25FO3. The number of benzene rings is 1. The van der Waals surface area contributed by atoms with Gasteiger partial charge in [0.2, 0.25) is 0 Å². The van der Waals surface area contributed by atoms with Crippen molar-refractivity contribution in [1.82, 2.24) is 0 Å². The molecule has 118 valence electrons. The van der Waals surface area contributed by atoms with Crippen molar-refractivity contribution >= 4 is 0 Å². The summed E-state index contributed by atoms with van der Waals surface area (Å²) >= 11 is 0. The predicted octanol–water partition coefficient (Wildman–Crippen LogP) is 3.99. The van der Waals surface area contributed by atoms with E-state index >= 15 is 0 Å². The topological polar surface area (TPSA) is 27.7 Å². The van der Waals surface area contributed by atoms with Crippen molar-refractivity contribution in [3.8, 4) is 0 Å². The maximum atomic E-state index is 14.1. The monoisotopic (exact) mass is 296 g/mol. The van der Waals surface area contributed by atoms with Gasteiger partial charge < -0.3 is 14.2 Å². The van der Waals surface area contributed by atoms with E-state index in [4.69, 9.17) is 14.2 Å². The maximum Gasteiger partial charge on any atom is 0.272 e. The highest BCUT2D eigenvalue weighted by molar-refractivity contribution is 5.22. The van der Waals surface area contributed by atoms with Crippen LogP contribution in [0.5, 0.6) is 0 Å². The van der Waals surface area contributed by atoms with Crippen LogP contribution in [-0.4, -0.2) is 25.4 Å². The molecule has 0 bridgehead atoms. The second-order valence-corrected chi connectivity index (χ2v) is 5.69. The molecule has 0 spiro atoms. The van der Waals surface area contributed by atoms with Gasteiger partial charge in [0.05, 0.1) is 19.8 Å². The molecule has 0 unspecified atom stereocenters. The van der Waals surface area contributed by atoms with Crippen LogP contribution in [0.4, 0.5) is 4.39 Å². The standard InChI is InChI=1S/C17H25FO3/c1-3-5-14-6-8-15(9-7-14)11-19-16-20-12-17(18,10-4-2)13-21-16/h6-9,16H,3-5,10-13H2,1-2H3. The molecule has 1 aliphatic rings. The van der Waals surface area contributed by atoms with Gasteiger partial charge in [-0.05, 0) is 24.0 Å². The Hall–Kier alpha value is -0.970. The fourth-order valence-corrected chi connectivity index (χ4v) is 2.47. The molecule has 1 heterocycles. The van der Waals surface area contributed by atoms with Crippen molar-refractivity contribution in [2.24, 2.45) is 0 Å². The minimum Gasteiger partial charge on any atom is -0.326 e. The summed E-state index contributed by atoms with van der Waals surface area (Å²) in [4.78, 5) is 0. The lowest BCUT2D eigenvalue weighted by Crippen LogP contribution is -2.44. The van der Waals surface area contributed by atoms with E-state index in [1.165, 1.54) is 5.56 Å². The van der Waals surface area contributed by atoms with Gasteiger partial charge in [-0.25, -0.2) is 4.39 Å². The zero-order valence-electron chi connectivity index (χ0n) is 12.9. The molecule has 1 fully saturated rings. The molecule has 0 amide bonds. The van der Waals surface area contributed by atoms with Crippen LogP contribution in [0.2, 0.25) is 0 Å². The normalized spacial score (nSPS) is 26.0. The molecule has 0 aromatic heterocycles. The number of halogens is 1. The summed E-state index contributed by atoms with van der Waals surface area (Å²) in [7, 11) is 0. The second-order valence-electron chi connectivity index (χ2n) is 5.69. The number of hydrogen-bond donors (Lipinski definition) is 0. The van der Waals surface area contributed by atoms with E-state index in [0.717, 1.165) is 24.8 Å². The molecule has 1 aliphatic heterocycles. The Kier molecular flexibility index (Phi) is 6.15. The number of alkyl halides is 1. The first-order chi connectivity index (χ1) is 10.1. The van der Waals surface area contributed by atoms with Crippen LogP contribution in [0, 0.1) is 0 Å². The Bertz CT molecular complexity index is 411. The summed E-state index contributed by atoms with van der Waals surface area (Å²) in [6, 6.07) is 8.31. The van der Waals surface area contributed by atoms with Gasteiger partial charge in [0.25, 0.3) is 6.48 Å². The smallest absolute Gasteiger partial charge is 0.272 e. The largest absolute Gasteiger partial charge is 0.326 e. The van der Waals surface area contributed by atoms with E-state index in [-0.39, 0.29) is 13.2 Å². The fourth-order valence-electron chi connectivity index (χ4n) is 2.47. The Morgan fingerprint density at radius 2 is 1.71 bits per heavy atom. The summed E-state index contributed by atoms with van der Waals surface area (Å²) in [5, 5.41) is 0. The zero-order chi connectivity index (χ0) is 15.1. The lowest BCUT2D eigenvalue weighted by atomic mass is 10.0. The lowest BCUT2D eigenvalue weighted by molar-refractivity contribution is -0.342. The van der Waals surface area contributed by atoms with Crippen LogP contribution in [-0.2, 0) is 27.2 Å². The van der Waals surface area contributed by atoms with Gasteiger partial charge in [0, 0.05) is 0 Å². The first-order valence-electron chi connectivity index (χ1n) is 7.77. The number of aryl methyl sites for hydroxylation is 1. The molecule has 0 aliphatic carbocycles. The van der Waals surface area contributed by atoms with Crippen LogP contribution in [0.1, 0.15) is 44.2 Å². The van der Waals surface area contributed by atoms with Crippen LogP contribution < -0.4 is 0 Å². The van der Waals surface area contributed by atoms with Crippen molar-refractivity contribution in [3.05, 3.63) is 35.4 Å². The third-order valence-corrected chi connectivity index (χ3v) is 3.60. The van der Waals surface area contributed by atoms with Crippen molar-refractivity contribution < 1.29 is 18.6 Å². The van der Waals surface area contributed by atoms with Gasteiger partial charge in [0.15, 0.2) is 5.67 Å². The third kappa shape index (κ3) is 5.06. The molecule has 0 atom stereocenters. The fraction of sp³-hybridized carbons (Fsp3) is 0.647. The third-order valence-electron chi connectivity index (χ3n) is 3.60. The zero-order valence-corrected chi connectivity index (χ0v) is 12.9. The molecule has 1 aromatic rings. The highest BCUT2D eigenvalue weighted by Crippen LogP contribution is 2.25. The highest BCUT2D eigenvalue weighted by Gasteiger charge is 2.36. The molecule has 1 aromatic carbocycles. The summed E-state index contributed by atoms with van der Waals surface area (Å²) < 4.78 is 30.3. The Morgan fingerprint density at radius 1 is 1.10 bits per heavy atom. The molecule has 21 heavy (non-hydrogen) atoms. The predicted molar refractivity (Wildman–Crippen MR) is 79.7 cm³/mol. The number of hydrogen-bond acceptors (Lipinski definition) is 3. The van der Waals surface area contributed by atoms with Crippen molar-refractivity contribution in [3.63, 3.8) is 0 Å². The Balaban J connectivity index is 1.74. The van der Waals surface area contributed by atoms with E-state index in [9.17, 15) is 4.39 Å². The average molecular weight is 296 g/mol. The van der Waals surface area contributed by atoms with Crippen molar-refractivity contribution in [2.75, 3.05) is 13.2 Å². The van der Waals surface area contributed by atoms with Crippen molar-refractivity contribution in [1.29, 1.82) is 0 Å². The molecule has 0 saturated carbocycles. The van der Waals surface area contributed by atoms with Gasteiger partial charge in [0.1, 0.15) is 0 Å². The molecule has 1 saturated heterocycles. The van der Waals surface area contributed by atoms with Gasteiger partial charge in [-0.1, -0.05) is 51.0 Å². The highest BCUT2D eigenvalue weighted by atomic mass is 19.1. The summed E-state index contributed by atoms with van der Waals surface area (Å²) in [6.07, 6.45) is 3.46. The minimum absolute atomic E-state index is 0.0426. The van der Waals surface area contributed by atoms with Crippen LogP contribution in [0.3, 0.4) is 0 Å². The first kappa shape index (κ1) is 16.4. The van der Waals surface area contributed by atoms with Gasteiger partial charge >= 0.3 is 0 Å². The quantitative estimate of drug-likeness (QED) is 0.761. The van der Waals surface area contributed by atoms with Gasteiger partial charge in [-0.3, -0.25) is 0 Å². The van der Waals surface area contributed by atoms with Gasteiger partial charge in [-0.15, -0.1) is 0 Å². The van der Waals surface area contributed by atoms with Crippen molar-refractivity contribution in [2.45, 2.75) is 58.3 Å². The van der Waals surface area contributed by atoms with Crippen LogP contribution in [0.25, 0.3) is 0 Å². The van der Waals surface area contributed by atoms with E-state index < -0.39 is 12.1 Å². The van der Waals surface area contributed by atoms with E-state index in [0.29, 0.717) is 13.0 Å². The Morgan fingerprint density at radius 3 is 2.29 bits per heavy atom. The minimum atomic E-state index is -1.36. The molecular weight excluding hydrogens is 271 g/mol. The SMILES string of the molecule is CCCc1ccc(COC2OCC(F)(CCC)CO2)cc1. The maximum absolute atomic E-state index is 14.1. The van der Waals surface area contributed by atoms with Crippen LogP contribution in [0.15, 0.2) is 24.3 Å². The summed E-state index contributed by atoms with van der Waals surface area (Å²) in [6.45, 7) is 3.84. The molecule has 4 heteroatoms. The number of ether oxygens (including phenoxy) is 3. The average Bonchev–Trinajstić information content (AvgIpc) is 2.49.